The molecular formula is C12H15NO3. The average molecular weight is 221 g/mol. The van der Waals surface area contributed by atoms with E-state index in [0.29, 0.717) is 12.5 Å². The van der Waals surface area contributed by atoms with Gasteiger partial charge < -0.3 is 14.7 Å². The van der Waals surface area contributed by atoms with Crippen LogP contribution in [0.15, 0.2) is 24.3 Å². The van der Waals surface area contributed by atoms with E-state index in [1.165, 1.54) is 0 Å². The molecule has 4 heteroatoms. The fraction of sp³-hybridized carbons (Fsp3) is 0.417. The first-order chi connectivity index (χ1) is 7.65. The molecule has 1 heterocycles. The summed E-state index contributed by atoms with van der Waals surface area (Å²) in [5.74, 6) is 0.427. The second-order valence-corrected chi connectivity index (χ2v) is 4.23. The average Bonchev–Trinajstić information content (AvgIpc) is 2.23. The lowest BCUT2D eigenvalue weighted by molar-refractivity contribution is 0.0696. The Labute approximate surface area is 94.4 Å². The summed E-state index contributed by atoms with van der Waals surface area (Å²) in [5.41, 5.74) is 0.288. The number of carbonyl (C=O) groups is 1. The number of carboxylic acids is 1. The molecule has 1 aliphatic heterocycles. The van der Waals surface area contributed by atoms with Crippen LogP contribution < -0.4 is 4.74 Å². The van der Waals surface area contributed by atoms with Crippen molar-refractivity contribution < 1.29 is 14.6 Å². The van der Waals surface area contributed by atoms with Crippen molar-refractivity contribution in [2.75, 3.05) is 26.7 Å². The summed E-state index contributed by atoms with van der Waals surface area (Å²) in [4.78, 5) is 12.9. The van der Waals surface area contributed by atoms with Gasteiger partial charge in [0.15, 0.2) is 0 Å². The van der Waals surface area contributed by atoms with Gasteiger partial charge in [-0.15, -0.1) is 0 Å². The van der Waals surface area contributed by atoms with E-state index >= 15 is 0 Å². The molecule has 2 rings (SSSR count). The number of hydrogen-bond donors (Lipinski definition) is 1. The molecule has 0 amide bonds. The van der Waals surface area contributed by atoms with Crippen molar-refractivity contribution in [2.45, 2.75) is 0 Å². The lowest BCUT2D eigenvalue weighted by atomic mass is 10.0. The number of likely N-dealkylation sites (tertiary alicyclic amines) is 1. The Kier molecular flexibility index (Phi) is 3.10. The van der Waals surface area contributed by atoms with Gasteiger partial charge in [0.2, 0.25) is 0 Å². The zero-order valence-electron chi connectivity index (χ0n) is 9.22. The number of nitrogens with zero attached hydrogens (tertiary/aromatic N) is 1. The molecule has 4 nitrogen and oxygen atoms in total. The molecule has 86 valence electrons. The number of ether oxygens (including phenoxy) is 1. The van der Waals surface area contributed by atoms with E-state index in [4.69, 9.17) is 9.84 Å². The van der Waals surface area contributed by atoms with Crippen molar-refractivity contribution >= 4 is 5.97 Å². The first kappa shape index (κ1) is 11.0. The molecule has 16 heavy (non-hydrogen) atoms. The van der Waals surface area contributed by atoms with Gasteiger partial charge in [-0.05, 0) is 31.3 Å². The molecule has 0 radical (unpaired) electrons. The molecule has 0 spiro atoms. The molecule has 0 unspecified atom stereocenters. The van der Waals surface area contributed by atoms with Crippen molar-refractivity contribution in [3.05, 3.63) is 29.8 Å². The van der Waals surface area contributed by atoms with Crippen LogP contribution in [-0.4, -0.2) is 42.7 Å². The molecule has 0 aromatic heterocycles. The molecule has 0 saturated carbocycles. The van der Waals surface area contributed by atoms with Gasteiger partial charge in [0.25, 0.3) is 0 Å². The third kappa shape index (κ3) is 2.52. The molecule has 0 bridgehead atoms. The van der Waals surface area contributed by atoms with E-state index < -0.39 is 5.97 Å². The summed E-state index contributed by atoms with van der Waals surface area (Å²) in [5, 5.41) is 8.72. The molecule has 1 N–H and O–H groups in total. The number of hydrogen-bond acceptors (Lipinski definition) is 3. The van der Waals surface area contributed by atoms with Crippen LogP contribution in [0, 0.1) is 5.92 Å². The SMILES string of the molecule is CN1CC(COc2ccc(C(=O)O)cc2)C1. The zero-order chi connectivity index (χ0) is 11.5. The first-order valence-corrected chi connectivity index (χ1v) is 5.30. The van der Waals surface area contributed by atoms with E-state index in [1.807, 2.05) is 0 Å². The van der Waals surface area contributed by atoms with Gasteiger partial charge >= 0.3 is 5.97 Å². The third-order valence-electron chi connectivity index (χ3n) is 2.73. The predicted molar refractivity (Wildman–Crippen MR) is 59.9 cm³/mol. The van der Waals surface area contributed by atoms with E-state index in [9.17, 15) is 4.79 Å². The zero-order valence-corrected chi connectivity index (χ0v) is 9.22. The van der Waals surface area contributed by atoms with Crippen LogP contribution in [0.2, 0.25) is 0 Å². The molecule has 1 aromatic rings. The molecule has 1 aromatic carbocycles. The predicted octanol–water partition coefficient (Wildman–Crippen LogP) is 1.33. The number of rotatable bonds is 4. The van der Waals surface area contributed by atoms with E-state index in [-0.39, 0.29) is 5.56 Å². The molecule has 0 atom stereocenters. The quantitative estimate of drug-likeness (QED) is 0.833. The monoisotopic (exact) mass is 221 g/mol. The van der Waals surface area contributed by atoms with Gasteiger partial charge in [0.05, 0.1) is 12.2 Å². The Morgan fingerprint density at radius 2 is 2.06 bits per heavy atom. The summed E-state index contributed by atoms with van der Waals surface area (Å²) < 4.78 is 5.57. The van der Waals surface area contributed by atoms with Crippen LogP contribution in [0.3, 0.4) is 0 Å². The fourth-order valence-electron chi connectivity index (χ4n) is 1.84. The lowest BCUT2D eigenvalue weighted by Crippen LogP contribution is -2.46. The second kappa shape index (κ2) is 4.53. The van der Waals surface area contributed by atoms with Crippen molar-refractivity contribution in [3.8, 4) is 5.75 Å². The Morgan fingerprint density at radius 3 is 2.56 bits per heavy atom. The standard InChI is InChI=1S/C12H15NO3/c1-13-6-9(7-13)8-16-11-4-2-10(3-5-11)12(14)15/h2-5,9H,6-8H2,1H3,(H,14,15). The fourth-order valence-corrected chi connectivity index (χ4v) is 1.84. The Hall–Kier alpha value is -1.55. The Bertz CT molecular complexity index is 368. The van der Waals surface area contributed by atoms with Crippen molar-refractivity contribution in [1.29, 1.82) is 0 Å². The highest BCUT2D eigenvalue weighted by atomic mass is 16.5. The van der Waals surface area contributed by atoms with Crippen LogP contribution in [0.1, 0.15) is 10.4 Å². The minimum Gasteiger partial charge on any atom is -0.493 e. The lowest BCUT2D eigenvalue weighted by Gasteiger charge is -2.35. The van der Waals surface area contributed by atoms with Crippen molar-refractivity contribution in [3.63, 3.8) is 0 Å². The molecule has 1 saturated heterocycles. The number of aromatic carboxylic acids is 1. The largest absolute Gasteiger partial charge is 0.493 e. The maximum atomic E-state index is 10.6. The molecule has 0 aliphatic carbocycles. The summed E-state index contributed by atoms with van der Waals surface area (Å²) in [6.45, 7) is 2.86. The highest BCUT2D eigenvalue weighted by molar-refractivity contribution is 5.87. The molecule has 1 aliphatic rings. The minimum atomic E-state index is -0.910. The van der Waals surface area contributed by atoms with Crippen LogP contribution >= 0.6 is 0 Å². The van der Waals surface area contributed by atoms with Crippen molar-refractivity contribution in [2.24, 2.45) is 5.92 Å². The van der Waals surface area contributed by atoms with Gasteiger partial charge in [0, 0.05) is 19.0 Å². The smallest absolute Gasteiger partial charge is 0.335 e. The maximum Gasteiger partial charge on any atom is 0.335 e. The highest BCUT2D eigenvalue weighted by Crippen LogP contribution is 2.17. The van der Waals surface area contributed by atoms with Crippen LogP contribution in [0.25, 0.3) is 0 Å². The Morgan fingerprint density at radius 1 is 1.44 bits per heavy atom. The van der Waals surface area contributed by atoms with Crippen molar-refractivity contribution in [1.82, 2.24) is 4.90 Å². The van der Waals surface area contributed by atoms with Crippen LogP contribution in [-0.2, 0) is 0 Å². The van der Waals surface area contributed by atoms with Gasteiger partial charge in [-0.2, -0.15) is 0 Å². The molecule has 1 fully saturated rings. The maximum absolute atomic E-state index is 10.6. The van der Waals surface area contributed by atoms with Gasteiger partial charge in [-0.25, -0.2) is 4.79 Å². The Balaban J connectivity index is 1.83. The highest BCUT2D eigenvalue weighted by Gasteiger charge is 2.23. The van der Waals surface area contributed by atoms with E-state index in [0.717, 1.165) is 18.8 Å². The van der Waals surface area contributed by atoms with Gasteiger partial charge in [-0.1, -0.05) is 0 Å². The minimum absolute atomic E-state index is 0.288. The topological polar surface area (TPSA) is 49.8 Å². The summed E-state index contributed by atoms with van der Waals surface area (Å²) in [7, 11) is 2.08. The van der Waals surface area contributed by atoms with Gasteiger partial charge in [0.1, 0.15) is 5.75 Å². The summed E-state index contributed by atoms with van der Waals surface area (Å²) in [6, 6.07) is 6.52. The van der Waals surface area contributed by atoms with E-state index in [2.05, 4.69) is 11.9 Å². The summed E-state index contributed by atoms with van der Waals surface area (Å²) in [6.07, 6.45) is 0. The normalized spacial score (nSPS) is 16.8. The number of benzene rings is 1. The molecular weight excluding hydrogens is 206 g/mol. The van der Waals surface area contributed by atoms with Crippen LogP contribution in [0.5, 0.6) is 5.75 Å². The third-order valence-corrected chi connectivity index (χ3v) is 2.73. The number of carboxylic acid groups (broad SMARTS) is 1. The van der Waals surface area contributed by atoms with E-state index in [1.54, 1.807) is 24.3 Å². The summed E-state index contributed by atoms with van der Waals surface area (Å²) >= 11 is 0. The second-order valence-electron chi connectivity index (χ2n) is 4.23. The first-order valence-electron chi connectivity index (χ1n) is 5.30. The van der Waals surface area contributed by atoms with Gasteiger partial charge in [-0.3, -0.25) is 0 Å². The van der Waals surface area contributed by atoms with Crippen LogP contribution in [0.4, 0.5) is 0 Å².